The van der Waals surface area contributed by atoms with E-state index in [-0.39, 0.29) is 25.7 Å². The maximum absolute atomic E-state index is 13.0. The quantitative estimate of drug-likeness (QED) is 0.0222. The van der Waals surface area contributed by atoms with Gasteiger partial charge < -0.3 is 33.8 Å². The van der Waals surface area contributed by atoms with E-state index in [1.807, 2.05) is 0 Å². The molecular formula is C71H138O17P2. The van der Waals surface area contributed by atoms with Gasteiger partial charge in [0.15, 0.2) is 12.2 Å². The number of ether oxygens (including phenoxy) is 4. The number of esters is 4. The molecule has 0 fully saturated rings. The molecule has 0 spiro atoms. The third-order valence-electron chi connectivity index (χ3n) is 16.9. The highest BCUT2D eigenvalue weighted by atomic mass is 31.2. The molecule has 3 unspecified atom stereocenters. The summed E-state index contributed by atoms with van der Waals surface area (Å²) in [5, 5.41) is 10.6. The molecule has 0 saturated carbocycles. The third kappa shape index (κ3) is 63.5. The number of aliphatic hydroxyl groups is 1. The minimum Gasteiger partial charge on any atom is -0.462 e. The third-order valence-corrected chi connectivity index (χ3v) is 18.8. The van der Waals surface area contributed by atoms with Gasteiger partial charge in [0.25, 0.3) is 0 Å². The molecular weight excluding hydrogens is 1190 g/mol. The first kappa shape index (κ1) is 88.1. The van der Waals surface area contributed by atoms with Crippen LogP contribution in [0.15, 0.2) is 0 Å². The van der Waals surface area contributed by atoms with Crippen molar-refractivity contribution >= 4 is 39.5 Å². The van der Waals surface area contributed by atoms with E-state index in [0.29, 0.717) is 25.7 Å². The van der Waals surface area contributed by atoms with Gasteiger partial charge in [-0.05, 0) is 31.6 Å². The first-order valence-corrected chi connectivity index (χ1v) is 40.2. The number of phosphoric acid groups is 2. The monoisotopic (exact) mass is 1320 g/mol. The van der Waals surface area contributed by atoms with Gasteiger partial charge in [-0.2, -0.15) is 0 Å². The van der Waals surface area contributed by atoms with Crippen molar-refractivity contribution in [1.82, 2.24) is 0 Å². The Bertz CT molecular complexity index is 1740. The van der Waals surface area contributed by atoms with E-state index in [2.05, 4.69) is 34.6 Å². The van der Waals surface area contributed by atoms with Crippen LogP contribution < -0.4 is 0 Å². The number of hydrogen-bond donors (Lipinski definition) is 3. The second-order valence-corrected chi connectivity index (χ2v) is 28.8. The van der Waals surface area contributed by atoms with Gasteiger partial charge in [-0.1, -0.05) is 317 Å². The zero-order valence-corrected chi connectivity index (χ0v) is 60.1. The van der Waals surface area contributed by atoms with Crippen molar-refractivity contribution in [2.75, 3.05) is 39.6 Å². The van der Waals surface area contributed by atoms with Crippen molar-refractivity contribution in [3.05, 3.63) is 0 Å². The van der Waals surface area contributed by atoms with E-state index >= 15 is 0 Å². The van der Waals surface area contributed by atoms with Crippen LogP contribution in [0.5, 0.6) is 0 Å². The van der Waals surface area contributed by atoms with Crippen LogP contribution in [-0.2, 0) is 65.4 Å². The van der Waals surface area contributed by atoms with E-state index in [1.165, 1.54) is 186 Å². The van der Waals surface area contributed by atoms with Gasteiger partial charge in [0, 0.05) is 25.7 Å². The van der Waals surface area contributed by atoms with E-state index in [9.17, 15) is 43.2 Å². The second-order valence-electron chi connectivity index (χ2n) is 25.9. The van der Waals surface area contributed by atoms with Crippen LogP contribution in [0.1, 0.15) is 369 Å². The summed E-state index contributed by atoms with van der Waals surface area (Å²) < 4.78 is 68.1. The van der Waals surface area contributed by atoms with Gasteiger partial charge in [-0.15, -0.1) is 0 Å². The molecule has 6 atom stereocenters. The Balaban J connectivity index is 5.15. The summed E-state index contributed by atoms with van der Waals surface area (Å²) in [6.45, 7) is 7.23. The predicted octanol–water partition coefficient (Wildman–Crippen LogP) is 20.5. The highest BCUT2D eigenvalue weighted by Gasteiger charge is 2.30. The first-order chi connectivity index (χ1) is 43.6. The Morgan fingerprint density at radius 3 is 0.789 bits per heavy atom. The molecule has 19 heteroatoms. The zero-order chi connectivity index (χ0) is 66.3. The number of rotatable bonds is 71. The maximum atomic E-state index is 13.0. The topological polar surface area (TPSA) is 237 Å². The Morgan fingerprint density at radius 1 is 0.311 bits per heavy atom. The predicted molar refractivity (Wildman–Crippen MR) is 363 cm³/mol. The Hall–Kier alpha value is -1.94. The summed E-state index contributed by atoms with van der Waals surface area (Å²) in [5.41, 5.74) is 0. The summed E-state index contributed by atoms with van der Waals surface area (Å²) >= 11 is 0. The van der Waals surface area contributed by atoms with Crippen molar-refractivity contribution in [1.29, 1.82) is 0 Å². The number of phosphoric ester groups is 2. The molecule has 90 heavy (non-hydrogen) atoms. The van der Waals surface area contributed by atoms with E-state index in [0.717, 1.165) is 102 Å². The molecule has 534 valence electrons. The number of aliphatic hydroxyl groups excluding tert-OH is 1. The molecule has 0 aromatic rings. The van der Waals surface area contributed by atoms with Gasteiger partial charge in [0.05, 0.1) is 26.4 Å². The fourth-order valence-corrected chi connectivity index (χ4v) is 12.4. The lowest BCUT2D eigenvalue weighted by Crippen LogP contribution is -2.30. The molecule has 0 heterocycles. The van der Waals surface area contributed by atoms with Gasteiger partial charge in [-0.3, -0.25) is 37.3 Å². The van der Waals surface area contributed by atoms with Crippen LogP contribution in [0.3, 0.4) is 0 Å². The number of unbranched alkanes of at least 4 members (excludes halogenated alkanes) is 42. The lowest BCUT2D eigenvalue weighted by molar-refractivity contribution is -0.161. The van der Waals surface area contributed by atoms with Gasteiger partial charge >= 0.3 is 39.5 Å². The minimum atomic E-state index is -4.95. The molecule has 3 N–H and O–H groups in total. The van der Waals surface area contributed by atoms with Gasteiger partial charge in [-0.25, -0.2) is 9.13 Å². The molecule has 0 aromatic heterocycles. The average Bonchev–Trinajstić information content (AvgIpc) is 3.67. The zero-order valence-electron chi connectivity index (χ0n) is 58.3. The fraction of sp³-hybridized carbons (Fsp3) is 0.944. The number of hydrogen-bond acceptors (Lipinski definition) is 15. The summed E-state index contributed by atoms with van der Waals surface area (Å²) in [6.07, 6.45) is 51.6. The van der Waals surface area contributed by atoms with E-state index in [4.69, 9.17) is 37.0 Å². The highest BCUT2D eigenvalue weighted by Crippen LogP contribution is 2.45. The van der Waals surface area contributed by atoms with Crippen LogP contribution in [0, 0.1) is 5.92 Å². The number of carbonyl (C=O) groups is 4. The smallest absolute Gasteiger partial charge is 0.462 e. The average molecular weight is 1330 g/mol. The minimum absolute atomic E-state index is 0.107. The lowest BCUT2D eigenvalue weighted by atomic mass is 9.99. The molecule has 17 nitrogen and oxygen atoms in total. The summed E-state index contributed by atoms with van der Waals surface area (Å²) in [4.78, 5) is 72.3. The highest BCUT2D eigenvalue weighted by molar-refractivity contribution is 7.47. The van der Waals surface area contributed by atoms with Crippen LogP contribution >= 0.6 is 15.6 Å². The summed E-state index contributed by atoms with van der Waals surface area (Å²) in [7, 11) is -9.89. The molecule has 0 aliphatic carbocycles. The molecule has 0 radical (unpaired) electrons. The fourth-order valence-electron chi connectivity index (χ4n) is 10.8. The number of carbonyl (C=O) groups excluding carboxylic acids is 4. The van der Waals surface area contributed by atoms with Crippen LogP contribution in [0.2, 0.25) is 0 Å². The molecule has 0 rings (SSSR count). The lowest BCUT2D eigenvalue weighted by Gasteiger charge is -2.21. The second kappa shape index (κ2) is 64.4. The van der Waals surface area contributed by atoms with Crippen molar-refractivity contribution < 1.29 is 80.2 Å². The van der Waals surface area contributed by atoms with Crippen LogP contribution in [0.4, 0.5) is 0 Å². The van der Waals surface area contributed by atoms with Crippen molar-refractivity contribution in [3.63, 3.8) is 0 Å². The van der Waals surface area contributed by atoms with E-state index < -0.39 is 97.5 Å². The van der Waals surface area contributed by atoms with E-state index in [1.54, 1.807) is 0 Å². The largest absolute Gasteiger partial charge is 0.472 e. The molecule has 0 aliphatic heterocycles. The van der Waals surface area contributed by atoms with Crippen LogP contribution in [0.25, 0.3) is 0 Å². The molecule has 0 aliphatic rings. The summed E-state index contributed by atoms with van der Waals surface area (Å²) in [6, 6.07) is 0. The van der Waals surface area contributed by atoms with Gasteiger partial charge in [0.1, 0.15) is 19.3 Å². The maximum Gasteiger partial charge on any atom is 0.472 e. The van der Waals surface area contributed by atoms with Crippen LogP contribution in [-0.4, -0.2) is 96.7 Å². The normalized spacial score (nSPS) is 14.4. The van der Waals surface area contributed by atoms with Crippen molar-refractivity contribution in [2.24, 2.45) is 5.92 Å². The Morgan fingerprint density at radius 2 is 0.533 bits per heavy atom. The molecule has 0 amide bonds. The molecule has 0 saturated heterocycles. The molecule has 0 bridgehead atoms. The first-order valence-electron chi connectivity index (χ1n) is 37.2. The Kier molecular flexibility index (Phi) is 63.0. The Labute approximate surface area is 549 Å². The van der Waals surface area contributed by atoms with Gasteiger partial charge in [0.2, 0.25) is 0 Å². The SMILES string of the molecule is CCCCCCCCCCCCCCCCCC(=O)OC[C@H](COP(=O)(O)OC[C@@H](O)COP(=O)(O)OC[C@@H](COC(=O)CCCCCCC)OC(=O)CCCCCCCCCCCCCC)OC(=O)CCCCCCCCCCCCCCCCC(C)CC. The van der Waals surface area contributed by atoms with Crippen molar-refractivity contribution in [3.8, 4) is 0 Å². The summed E-state index contributed by atoms with van der Waals surface area (Å²) in [5.74, 6) is -1.28. The molecule has 0 aromatic carbocycles. The van der Waals surface area contributed by atoms with Crippen molar-refractivity contribution in [2.45, 2.75) is 387 Å². The standard InChI is InChI=1S/C71H138O17P2/c1-6-10-13-16-18-20-22-24-25-29-33-36-40-45-50-55-69(74)82-61-67(88-71(76)57-52-47-42-38-34-30-27-26-28-31-35-39-44-48-53-64(5)9-4)63-86-90(79,80)84-59-65(72)58-83-89(77,78)85-62-66(60-81-68(73)54-49-43-15-12-8-3)87-70(75)56-51-46-41-37-32-23-21-19-17-14-11-7-2/h64-67,72H,6-63H2,1-5H3,(H,77,78)(H,79,80)/t64?,65-,66+,67+/m0/s1.